The van der Waals surface area contributed by atoms with E-state index in [-0.39, 0.29) is 5.69 Å². The van der Waals surface area contributed by atoms with Gasteiger partial charge in [0.15, 0.2) is 0 Å². The highest BCUT2D eigenvalue weighted by Crippen LogP contribution is 2.12. The summed E-state index contributed by atoms with van der Waals surface area (Å²) >= 11 is 0. The minimum atomic E-state index is -0.408. The average molecular weight is 176 g/mol. The Kier molecular flexibility index (Phi) is 3.20. The molecule has 0 aliphatic heterocycles. The largest absolute Gasteiger partial charge is 0.269 e. The van der Waals surface area contributed by atoms with Crippen molar-refractivity contribution in [3.63, 3.8) is 0 Å². The summed E-state index contributed by atoms with van der Waals surface area (Å²) in [6.07, 6.45) is 4.51. The maximum Gasteiger partial charge on any atom is 0.269 e. The highest BCUT2D eigenvalue weighted by molar-refractivity contribution is 5.51. The molecule has 0 aromatic heterocycles. The monoisotopic (exact) mass is 176 g/mol. The molecular formula is C10H10NO2. The van der Waals surface area contributed by atoms with Crippen molar-refractivity contribution in [2.45, 2.75) is 6.42 Å². The number of nitro benzene ring substituents is 1. The molecule has 0 saturated carbocycles. The van der Waals surface area contributed by atoms with Gasteiger partial charge in [-0.1, -0.05) is 12.2 Å². The lowest BCUT2D eigenvalue weighted by molar-refractivity contribution is -0.384. The van der Waals surface area contributed by atoms with Crippen LogP contribution in [0.3, 0.4) is 0 Å². The summed E-state index contributed by atoms with van der Waals surface area (Å²) in [5, 5.41) is 10.3. The van der Waals surface area contributed by atoms with E-state index in [4.69, 9.17) is 0 Å². The van der Waals surface area contributed by atoms with E-state index in [1.807, 2.05) is 12.2 Å². The molecule has 0 unspecified atom stereocenters. The number of hydrogen-bond acceptors (Lipinski definition) is 2. The molecule has 0 aliphatic rings. The van der Waals surface area contributed by atoms with Crippen molar-refractivity contribution in [2.75, 3.05) is 0 Å². The van der Waals surface area contributed by atoms with Gasteiger partial charge >= 0.3 is 0 Å². The number of non-ortho nitro benzene ring substituents is 1. The maximum atomic E-state index is 10.3. The van der Waals surface area contributed by atoms with Crippen molar-refractivity contribution in [1.29, 1.82) is 0 Å². The second kappa shape index (κ2) is 4.40. The van der Waals surface area contributed by atoms with Crippen LogP contribution in [0.2, 0.25) is 0 Å². The Labute approximate surface area is 76.9 Å². The molecule has 0 spiro atoms. The Hall–Kier alpha value is -1.64. The van der Waals surface area contributed by atoms with Gasteiger partial charge in [-0.3, -0.25) is 10.1 Å². The first-order chi connectivity index (χ1) is 6.24. The number of hydrogen-bond donors (Lipinski definition) is 0. The standard InChI is InChI=1S/C10H10NO2/c1-2-3-4-9-5-7-10(8-6-9)11(12)13/h3-8H,1-2H2/b4-3+. The van der Waals surface area contributed by atoms with Gasteiger partial charge in [-0.2, -0.15) is 0 Å². The summed E-state index contributed by atoms with van der Waals surface area (Å²) < 4.78 is 0. The molecule has 0 fully saturated rings. The summed E-state index contributed by atoms with van der Waals surface area (Å²) in [6, 6.07) is 6.40. The van der Waals surface area contributed by atoms with Crippen molar-refractivity contribution in [2.24, 2.45) is 0 Å². The van der Waals surface area contributed by atoms with Crippen molar-refractivity contribution in [3.05, 3.63) is 52.9 Å². The zero-order valence-corrected chi connectivity index (χ0v) is 7.14. The van der Waals surface area contributed by atoms with Crippen molar-refractivity contribution in [3.8, 4) is 0 Å². The fourth-order valence-electron chi connectivity index (χ4n) is 0.927. The Morgan fingerprint density at radius 1 is 1.38 bits per heavy atom. The normalized spacial score (nSPS) is 10.5. The van der Waals surface area contributed by atoms with Gasteiger partial charge in [0.25, 0.3) is 5.69 Å². The minimum Gasteiger partial charge on any atom is -0.258 e. The number of nitrogens with zero attached hydrogens (tertiary/aromatic N) is 1. The summed E-state index contributed by atoms with van der Waals surface area (Å²) in [6.45, 7) is 3.65. The first-order valence-corrected chi connectivity index (χ1v) is 3.94. The third kappa shape index (κ3) is 2.71. The molecule has 0 heterocycles. The van der Waals surface area contributed by atoms with Gasteiger partial charge < -0.3 is 0 Å². The summed E-state index contributed by atoms with van der Waals surface area (Å²) in [5.74, 6) is 0. The van der Waals surface area contributed by atoms with Crippen molar-refractivity contribution < 1.29 is 4.92 Å². The number of rotatable bonds is 3. The van der Waals surface area contributed by atoms with E-state index in [1.165, 1.54) is 12.1 Å². The summed E-state index contributed by atoms with van der Waals surface area (Å²) in [4.78, 5) is 9.90. The maximum absolute atomic E-state index is 10.3. The highest BCUT2D eigenvalue weighted by Gasteiger charge is 2.01. The molecule has 0 amide bonds. The first kappa shape index (κ1) is 9.45. The molecule has 0 N–H and O–H groups in total. The summed E-state index contributed by atoms with van der Waals surface area (Å²) in [5.41, 5.74) is 1.07. The van der Waals surface area contributed by atoms with Crippen LogP contribution in [-0.2, 0) is 0 Å². The van der Waals surface area contributed by atoms with Crippen molar-refractivity contribution in [1.82, 2.24) is 0 Å². The van der Waals surface area contributed by atoms with Gasteiger partial charge in [-0.15, -0.1) is 0 Å². The lowest BCUT2D eigenvalue weighted by Gasteiger charge is -1.92. The molecular weight excluding hydrogens is 166 g/mol. The molecule has 3 heteroatoms. The number of allylic oxidation sites excluding steroid dienone is 1. The molecule has 13 heavy (non-hydrogen) atoms. The van der Waals surface area contributed by atoms with E-state index in [1.54, 1.807) is 12.1 Å². The second-order valence-electron chi connectivity index (χ2n) is 2.54. The third-order valence-electron chi connectivity index (χ3n) is 1.58. The molecule has 1 aromatic carbocycles. The quantitative estimate of drug-likeness (QED) is 0.525. The fourth-order valence-corrected chi connectivity index (χ4v) is 0.927. The van der Waals surface area contributed by atoms with Crippen LogP contribution >= 0.6 is 0 Å². The van der Waals surface area contributed by atoms with Crippen LogP contribution in [0.1, 0.15) is 12.0 Å². The number of nitro groups is 1. The first-order valence-electron chi connectivity index (χ1n) is 3.94. The lowest BCUT2D eigenvalue weighted by Crippen LogP contribution is -1.86. The van der Waals surface area contributed by atoms with Crippen LogP contribution in [0, 0.1) is 17.0 Å². The average Bonchev–Trinajstić information content (AvgIpc) is 2.15. The van der Waals surface area contributed by atoms with E-state index in [2.05, 4.69) is 6.92 Å². The van der Waals surface area contributed by atoms with Gasteiger partial charge in [0, 0.05) is 12.1 Å². The second-order valence-corrected chi connectivity index (χ2v) is 2.54. The molecule has 0 saturated heterocycles. The predicted octanol–water partition coefficient (Wildman–Crippen LogP) is 2.83. The molecule has 1 aromatic rings. The molecule has 1 rings (SSSR count). The van der Waals surface area contributed by atoms with Crippen LogP contribution in [0.15, 0.2) is 30.3 Å². The fraction of sp³-hybridized carbons (Fsp3) is 0.100. The van der Waals surface area contributed by atoms with Crippen LogP contribution in [-0.4, -0.2) is 4.92 Å². The topological polar surface area (TPSA) is 43.1 Å². The minimum absolute atomic E-state index is 0.117. The zero-order chi connectivity index (χ0) is 9.68. The van der Waals surface area contributed by atoms with Crippen LogP contribution in [0.4, 0.5) is 5.69 Å². The molecule has 3 nitrogen and oxygen atoms in total. The summed E-state index contributed by atoms with van der Waals surface area (Å²) in [7, 11) is 0. The molecule has 0 aliphatic carbocycles. The predicted molar refractivity (Wildman–Crippen MR) is 52.1 cm³/mol. The third-order valence-corrected chi connectivity index (χ3v) is 1.58. The molecule has 1 radical (unpaired) electrons. The lowest BCUT2D eigenvalue weighted by atomic mass is 10.2. The van der Waals surface area contributed by atoms with E-state index < -0.39 is 4.92 Å². The van der Waals surface area contributed by atoms with E-state index in [0.717, 1.165) is 12.0 Å². The highest BCUT2D eigenvalue weighted by atomic mass is 16.6. The molecule has 0 atom stereocenters. The Bertz CT molecular complexity index is 314. The van der Waals surface area contributed by atoms with Gasteiger partial charge in [0.1, 0.15) is 0 Å². The van der Waals surface area contributed by atoms with Gasteiger partial charge in [0.2, 0.25) is 0 Å². The number of benzene rings is 1. The SMILES string of the molecule is [CH2]C/C=C/c1ccc([N+](=O)[O-])cc1. The Morgan fingerprint density at radius 3 is 2.46 bits per heavy atom. The molecule has 67 valence electrons. The van der Waals surface area contributed by atoms with E-state index in [0.29, 0.717) is 0 Å². The van der Waals surface area contributed by atoms with Crippen molar-refractivity contribution >= 4 is 11.8 Å². The van der Waals surface area contributed by atoms with E-state index >= 15 is 0 Å². The van der Waals surface area contributed by atoms with E-state index in [9.17, 15) is 10.1 Å². The Balaban J connectivity index is 2.81. The van der Waals surface area contributed by atoms with Crippen LogP contribution < -0.4 is 0 Å². The van der Waals surface area contributed by atoms with Gasteiger partial charge in [0.05, 0.1) is 4.92 Å². The van der Waals surface area contributed by atoms with Gasteiger partial charge in [-0.25, -0.2) is 0 Å². The Morgan fingerprint density at radius 2 is 2.00 bits per heavy atom. The van der Waals surface area contributed by atoms with Crippen LogP contribution in [0.25, 0.3) is 6.08 Å². The van der Waals surface area contributed by atoms with Crippen LogP contribution in [0.5, 0.6) is 0 Å². The van der Waals surface area contributed by atoms with Gasteiger partial charge in [-0.05, 0) is 31.0 Å². The molecule has 0 bridgehead atoms. The smallest absolute Gasteiger partial charge is 0.258 e. The zero-order valence-electron chi connectivity index (χ0n) is 7.14.